The molecular formula is C26H28BrN3O. The summed E-state index contributed by atoms with van der Waals surface area (Å²) in [6.45, 7) is 6.11. The lowest BCUT2D eigenvalue weighted by atomic mass is 9.96. The fourth-order valence-corrected chi connectivity index (χ4v) is 5.13. The van der Waals surface area contributed by atoms with E-state index in [0.717, 1.165) is 60.3 Å². The van der Waals surface area contributed by atoms with Crippen molar-refractivity contribution in [2.75, 3.05) is 38.1 Å². The van der Waals surface area contributed by atoms with Gasteiger partial charge >= 0.3 is 0 Å². The molecule has 0 aromatic heterocycles. The number of anilines is 1. The number of nitrogens with zero attached hydrogens (tertiary/aromatic N) is 2. The number of hydrogen-bond donors (Lipinski definition) is 1. The molecule has 1 heterocycles. The van der Waals surface area contributed by atoms with E-state index >= 15 is 0 Å². The summed E-state index contributed by atoms with van der Waals surface area (Å²) in [7, 11) is 2.16. The van der Waals surface area contributed by atoms with Crippen LogP contribution in [0.4, 0.5) is 5.69 Å². The molecule has 2 fully saturated rings. The van der Waals surface area contributed by atoms with E-state index in [9.17, 15) is 4.79 Å². The Balaban J connectivity index is 1.44. The number of aryl methyl sites for hydroxylation is 1. The lowest BCUT2D eigenvalue weighted by Crippen LogP contribution is -2.44. The van der Waals surface area contributed by atoms with Crippen LogP contribution in [0.3, 0.4) is 0 Å². The Morgan fingerprint density at radius 3 is 2.48 bits per heavy atom. The van der Waals surface area contributed by atoms with E-state index in [2.05, 4.69) is 92.7 Å². The largest absolute Gasteiger partial charge is 0.369 e. The van der Waals surface area contributed by atoms with Crippen LogP contribution >= 0.6 is 15.9 Å². The van der Waals surface area contributed by atoms with Gasteiger partial charge in [0.25, 0.3) is 5.91 Å². The molecule has 0 atom stereocenters. The van der Waals surface area contributed by atoms with Gasteiger partial charge in [-0.2, -0.15) is 0 Å². The quantitative estimate of drug-likeness (QED) is 0.568. The fourth-order valence-electron chi connectivity index (χ4n) is 4.66. The Hall–Kier alpha value is -2.37. The normalized spacial score (nSPS) is 18.2. The zero-order valence-corrected chi connectivity index (χ0v) is 19.7. The number of carbonyl (C=O) groups is 1. The summed E-state index contributed by atoms with van der Waals surface area (Å²) in [5, 5.41) is 5.82. The van der Waals surface area contributed by atoms with Crippen LogP contribution in [0.2, 0.25) is 0 Å². The monoisotopic (exact) mass is 477 g/mol. The molecule has 4 nitrogen and oxygen atoms in total. The van der Waals surface area contributed by atoms with Crippen LogP contribution in [0.25, 0.3) is 10.8 Å². The van der Waals surface area contributed by atoms with Gasteiger partial charge in [0.05, 0.1) is 5.54 Å². The van der Waals surface area contributed by atoms with Crippen molar-refractivity contribution in [3.8, 4) is 0 Å². The number of rotatable bonds is 4. The van der Waals surface area contributed by atoms with Crippen LogP contribution < -0.4 is 10.2 Å². The van der Waals surface area contributed by atoms with E-state index in [1.807, 2.05) is 6.92 Å². The Labute approximate surface area is 192 Å². The molecule has 3 aromatic rings. The molecule has 1 amide bonds. The van der Waals surface area contributed by atoms with Crippen molar-refractivity contribution < 1.29 is 4.79 Å². The van der Waals surface area contributed by atoms with E-state index < -0.39 is 0 Å². The first kappa shape index (κ1) is 20.5. The van der Waals surface area contributed by atoms with Crippen molar-refractivity contribution >= 4 is 38.3 Å². The Morgan fingerprint density at radius 2 is 1.74 bits per heavy atom. The highest BCUT2D eigenvalue weighted by atomic mass is 79.9. The zero-order chi connectivity index (χ0) is 21.6. The van der Waals surface area contributed by atoms with Gasteiger partial charge in [-0.15, -0.1) is 0 Å². The van der Waals surface area contributed by atoms with Gasteiger partial charge in [-0.25, -0.2) is 0 Å². The maximum atomic E-state index is 13.5. The van der Waals surface area contributed by atoms with Crippen LogP contribution in [0.15, 0.2) is 59.1 Å². The minimum atomic E-state index is -0.281. The third-order valence-electron chi connectivity index (χ3n) is 6.78. The second kappa shape index (κ2) is 7.95. The van der Waals surface area contributed by atoms with Crippen LogP contribution in [-0.2, 0) is 5.54 Å². The number of nitrogens with one attached hydrogen (secondary N) is 1. The van der Waals surface area contributed by atoms with Crippen molar-refractivity contribution in [3.05, 3.63) is 75.8 Å². The van der Waals surface area contributed by atoms with E-state index in [1.165, 1.54) is 16.3 Å². The van der Waals surface area contributed by atoms with Gasteiger partial charge < -0.3 is 15.1 Å². The number of piperazine rings is 1. The molecule has 1 aliphatic heterocycles. The second-order valence-corrected chi connectivity index (χ2v) is 9.92. The maximum Gasteiger partial charge on any atom is 0.252 e. The zero-order valence-electron chi connectivity index (χ0n) is 18.1. The molecule has 0 unspecified atom stereocenters. The average Bonchev–Trinajstić information content (AvgIpc) is 3.54. The van der Waals surface area contributed by atoms with Gasteiger partial charge in [-0.05, 0) is 73.0 Å². The summed E-state index contributed by atoms with van der Waals surface area (Å²) in [5.74, 6) is 0.0232. The van der Waals surface area contributed by atoms with Crippen LogP contribution in [0, 0.1) is 6.92 Å². The first-order valence-corrected chi connectivity index (χ1v) is 11.8. The minimum absolute atomic E-state index is 0.0232. The predicted octanol–water partition coefficient (Wildman–Crippen LogP) is 5.08. The van der Waals surface area contributed by atoms with Crippen molar-refractivity contribution in [3.63, 3.8) is 0 Å². The van der Waals surface area contributed by atoms with Crippen molar-refractivity contribution in [1.82, 2.24) is 10.2 Å². The predicted molar refractivity (Wildman–Crippen MR) is 131 cm³/mol. The number of hydrogen-bond acceptors (Lipinski definition) is 3. The molecule has 0 spiro atoms. The first-order valence-electron chi connectivity index (χ1n) is 11.0. The molecule has 1 saturated carbocycles. The topological polar surface area (TPSA) is 35.6 Å². The highest BCUT2D eigenvalue weighted by molar-refractivity contribution is 9.10. The van der Waals surface area contributed by atoms with E-state index in [-0.39, 0.29) is 11.4 Å². The Bertz CT molecular complexity index is 1150. The first-order chi connectivity index (χ1) is 14.9. The molecule has 1 saturated heterocycles. The van der Waals surface area contributed by atoms with E-state index in [4.69, 9.17) is 0 Å². The van der Waals surface area contributed by atoms with Gasteiger partial charge in [-0.3, -0.25) is 4.79 Å². The molecule has 5 rings (SSSR count). The van der Waals surface area contributed by atoms with Crippen molar-refractivity contribution in [2.24, 2.45) is 0 Å². The molecule has 0 radical (unpaired) electrons. The molecule has 2 aliphatic rings. The molecule has 5 heteroatoms. The minimum Gasteiger partial charge on any atom is -0.369 e. The summed E-state index contributed by atoms with van der Waals surface area (Å²) in [6, 6.07) is 19.0. The molecule has 3 aromatic carbocycles. The van der Waals surface area contributed by atoms with Gasteiger partial charge in [0.2, 0.25) is 0 Å². The highest BCUT2D eigenvalue weighted by Gasteiger charge is 2.47. The van der Waals surface area contributed by atoms with Gasteiger partial charge in [-0.1, -0.05) is 46.3 Å². The number of benzene rings is 3. The number of fused-ring (bicyclic) bond motifs is 1. The lowest BCUT2D eigenvalue weighted by Gasteiger charge is -2.34. The summed E-state index contributed by atoms with van der Waals surface area (Å²) in [4.78, 5) is 18.2. The highest BCUT2D eigenvalue weighted by Crippen LogP contribution is 2.49. The van der Waals surface area contributed by atoms with Gasteiger partial charge in [0.1, 0.15) is 0 Å². The van der Waals surface area contributed by atoms with Gasteiger partial charge in [0, 0.05) is 41.9 Å². The number of carbonyl (C=O) groups excluding carboxylic acids is 1. The van der Waals surface area contributed by atoms with E-state index in [1.54, 1.807) is 0 Å². The van der Waals surface area contributed by atoms with Crippen molar-refractivity contribution in [1.29, 1.82) is 0 Å². The molecule has 31 heavy (non-hydrogen) atoms. The smallest absolute Gasteiger partial charge is 0.252 e. The SMILES string of the molecule is Cc1ccc(N2CCN(C)CC2)cc1C(=O)NC1(c2cc(Br)cc3ccccc23)CC1. The van der Waals surface area contributed by atoms with Crippen LogP contribution in [-0.4, -0.2) is 44.0 Å². The van der Waals surface area contributed by atoms with Gasteiger partial charge in [0.15, 0.2) is 0 Å². The Kier molecular flexibility index (Phi) is 5.27. The van der Waals surface area contributed by atoms with Crippen LogP contribution in [0.5, 0.6) is 0 Å². The van der Waals surface area contributed by atoms with E-state index in [0.29, 0.717) is 0 Å². The maximum absolute atomic E-state index is 13.5. The fraction of sp³-hybridized carbons (Fsp3) is 0.346. The molecular weight excluding hydrogens is 450 g/mol. The molecule has 0 bridgehead atoms. The number of likely N-dealkylation sites (N-methyl/N-ethyl adjacent to an activating group) is 1. The van der Waals surface area contributed by atoms with Crippen LogP contribution in [0.1, 0.15) is 34.3 Å². The molecule has 1 N–H and O–H groups in total. The summed E-state index contributed by atoms with van der Waals surface area (Å²) < 4.78 is 1.05. The summed E-state index contributed by atoms with van der Waals surface area (Å²) in [6.07, 6.45) is 1.94. The third-order valence-corrected chi connectivity index (χ3v) is 7.24. The molecule has 160 valence electrons. The summed E-state index contributed by atoms with van der Waals surface area (Å²) in [5.41, 5.74) is 3.86. The lowest BCUT2D eigenvalue weighted by molar-refractivity contribution is 0.0930. The number of amides is 1. The number of halogens is 1. The van der Waals surface area contributed by atoms with Crippen molar-refractivity contribution in [2.45, 2.75) is 25.3 Å². The Morgan fingerprint density at radius 1 is 1.00 bits per heavy atom. The summed E-state index contributed by atoms with van der Waals surface area (Å²) >= 11 is 3.66. The standard InChI is InChI=1S/C26H28BrN3O/c1-18-7-8-21(30-13-11-29(2)12-14-30)17-23(18)25(31)28-26(9-10-26)24-16-20(27)15-19-5-3-4-6-22(19)24/h3-8,15-17H,9-14H2,1-2H3,(H,28,31). The molecule has 1 aliphatic carbocycles. The third kappa shape index (κ3) is 3.97. The average molecular weight is 478 g/mol. The second-order valence-electron chi connectivity index (χ2n) is 9.00.